The molecule has 4 rings (SSSR count). The molecule has 0 bridgehead atoms. The minimum absolute atomic E-state index is 0.00667. The van der Waals surface area contributed by atoms with E-state index in [1.165, 1.54) is 23.0 Å². The Labute approximate surface area is 222 Å². The molecule has 1 atom stereocenters. The number of hydrogen-bond donors (Lipinski definition) is 3. The summed E-state index contributed by atoms with van der Waals surface area (Å²) in [6, 6.07) is 7.37. The molecule has 0 saturated heterocycles. The molecule has 4 N–H and O–H groups in total. The predicted octanol–water partition coefficient (Wildman–Crippen LogP) is 5.44. The summed E-state index contributed by atoms with van der Waals surface area (Å²) in [5.74, 6) is -3.61. The fourth-order valence-corrected chi connectivity index (χ4v) is 4.29. The first-order chi connectivity index (χ1) is 18.8. The monoisotopic (exact) mass is 544 g/mol. The Morgan fingerprint density at radius 2 is 1.92 bits per heavy atom. The minimum atomic E-state index is -3.29. The van der Waals surface area contributed by atoms with E-state index in [2.05, 4.69) is 25.3 Å². The van der Waals surface area contributed by atoms with Crippen molar-refractivity contribution in [2.75, 3.05) is 11.9 Å². The van der Waals surface area contributed by atoms with Crippen molar-refractivity contribution in [2.24, 2.45) is 5.73 Å². The molecular formula is C27H28F4N6O2. The summed E-state index contributed by atoms with van der Waals surface area (Å²) in [6.07, 6.45) is 6.36. The maximum absolute atomic E-state index is 14.8. The Morgan fingerprint density at radius 1 is 1.13 bits per heavy atom. The quantitative estimate of drug-likeness (QED) is 0.217. The van der Waals surface area contributed by atoms with Crippen molar-refractivity contribution >= 4 is 23.1 Å². The summed E-state index contributed by atoms with van der Waals surface area (Å²) in [7, 11) is 0. The molecule has 0 spiro atoms. The van der Waals surface area contributed by atoms with Crippen LogP contribution in [-0.4, -0.2) is 39.5 Å². The highest BCUT2D eigenvalue weighted by molar-refractivity contribution is 5.96. The normalized spacial score (nSPS) is 12.1. The number of alkyl halides is 2. The van der Waals surface area contributed by atoms with Crippen LogP contribution in [0.1, 0.15) is 42.6 Å². The van der Waals surface area contributed by atoms with Gasteiger partial charge in [0.1, 0.15) is 0 Å². The number of anilines is 2. The van der Waals surface area contributed by atoms with Gasteiger partial charge in [0.05, 0.1) is 11.9 Å². The zero-order valence-corrected chi connectivity index (χ0v) is 21.3. The third-order valence-electron chi connectivity index (χ3n) is 6.30. The van der Waals surface area contributed by atoms with Crippen LogP contribution in [0.2, 0.25) is 0 Å². The molecule has 0 aliphatic heterocycles. The van der Waals surface area contributed by atoms with Gasteiger partial charge in [-0.15, -0.1) is 0 Å². The molecular weight excluding hydrogens is 516 g/mol. The molecule has 12 heteroatoms. The van der Waals surface area contributed by atoms with E-state index < -0.39 is 24.0 Å². The van der Waals surface area contributed by atoms with Gasteiger partial charge in [-0.1, -0.05) is 13.8 Å². The van der Waals surface area contributed by atoms with Crippen molar-refractivity contribution in [3.05, 3.63) is 71.7 Å². The summed E-state index contributed by atoms with van der Waals surface area (Å²) in [6.45, 7) is 1.13. The number of ether oxygens (including phenoxy) is 1. The topological polar surface area (TPSA) is 107 Å². The second kappa shape index (κ2) is 12.1. The number of nitrogens with two attached hydrogens (primary N) is 1. The van der Waals surface area contributed by atoms with Crippen LogP contribution < -0.4 is 21.1 Å². The highest BCUT2D eigenvalue weighted by Gasteiger charge is 2.21. The maximum atomic E-state index is 14.8. The number of nitrogens with one attached hydrogen (secondary N) is 2. The fraction of sp³-hybridized carbons (Fsp3) is 0.296. The van der Waals surface area contributed by atoms with Gasteiger partial charge in [0.25, 0.3) is 5.91 Å². The number of imidazole rings is 1. The first kappa shape index (κ1) is 27.8. The number of nitrogens with zero attached hydrogens (tertiary/aromatic N) is 3. The second-order valence-corrected chi connectivity index (χ2v) is 8.74. The smallest absolute Gasteiger partial charge is 0.387 e. The van der Waals surface area contributed by atoms with E-state index in [0.717, 1.165) is 24.1 Å². The molecule has 0 aliphatic carbocycles. The predicted molar refractivity (Wildman–Crippen MR) is 139 cm³/mol. The summed E-state index contributed by atoms with van der Waals surface area (Å²) in [4.78, 5) is 21.5. The SMILES string of the molecule is CCc1cc(Nc2nccn3c(-c4ccc(OC(F)F)c(F)c4F)cnc23)ccc1C(=O)NC(CC)CCN. The third-order valence-corrected chi connectivity index (χ3v) is 6.30. The first-order valence-electron chi connectivity index (χ1n) is 12.4. The summed E-state index contributed by atoms with van der Waals surface area (Å²) in [5.41, 5.74) is 7.97. The number of carbonyl (C=O) groups is 1. The molecule has 0 fully saturated rings. The average Bonchev–Trinajstić information content (AvgIpc) is 3.35. The van der Waals surface area contributed by atoms with Crippen LogP contribution in [0.3, 0.4) is 0 Å². The highest BCUT2D eigenvalue weighted by Crippen LogP contribution is 2.32. The molecule has 2 aromatic heterocycles. The lowest BCUT2D eigenvalue weighted by molar-refractivity contribution is -0.0525. The number of amides is 1. The van der Waals surface area contributed by atoms with Gasteiger partial charge < -0.3 is 21.1 Å². The molecule has 39 heavy (non-hydrogen) atoms. The molecule has 2 heterocycles. The molecule has 1 amide bonds. The largest absolute Gasteiger partial charge is 0.432 e. The van der Waals surface area contributed by atoms with Gasteiger partial charge in [0, 0.05) is 35.2 Å². The zero-order valence-electron chi connectivity index (χ0n) is 21.3. The van der Waals surface area contributed by atoms with Gasteiger partial charge in [-0.3, -0.25) is 9.20 Å². The van der Waals surface area contributed by atoms with Crippen molar-refractivity contribution in [1.29, 1.82) is 0 Å². The van der Waals surface area contributed by atoms with Crippen LogP contribution >= 0.6 is 0 Å². The van der Waals surface area contributed by atoms with Gasteiger partial charge in [0.15, 0.2) is 23.0 Å². The van der Waals surface area contributed by atoms with Gasteiger partial charge in [-0.2, -0.15) is 13.2 Å². The van der Waals surface area contributed by atoms with E-state index in [-0.39, 0.29) is 23.2 Å². The maximum Gasteiger partial charge on any atom is 0.387 e. The number of fused-ring (bicyclic) bond motifs is 1. The van der Waals surface area contributed by atoms with Gasteiger partial charge in [0.2, 0.25) is 5.82 Å². The van der Waals surface area contributed by atoms with Crippen LogP contribution in [0.5, 0.6) is 5.75 Å². The standard InChI is InChI=1S/C27H28F4N6O2/c1-3-15-13-17(5-6-18(15)26(38)36-16(4-2)9-10-32)35-24-25-34-14-20(37(25)12-11-33-24)19-7-8-21(39-27(30)31)23(29)22(19)28/h5-8,11-14,16,27H,3-4,9-10,32H2,1-2H3,(H,33,35)(H,36,38). The highest BCUT2D eigenvalue weighted by atomic mass is 19.3. The van der Waals surface area contributed by atoms with Crippen LogP contribution in [-0.2, 0) is 6.42 Å². The van der Waals surface area contributed by atoms with E-state index in [1.807, 2.05) is 19.9 Å². The molecule has 0 saturated carbocycles. The van der Waals surface area contributed by atoms with Crippen LogP contribution in [0.25, 0.3) is 16.9 Å². The Morgan fingerprint density at radius 3 is 2.62 bits per heavy atom. The van der Waals surface area contributed by atoms with Crippen molar-refractivity contribution < 1.29 is 27.1 Å². The zero-order chi connectivity index (χ0) is 28.1. The minimum Gasteiger partial charge on any atom is -0.432 e. The number of aromatic nitrogens is 3. The summed E-state index contributed by atoms with van der Waals surface area (Å²) < 4.78 is 59.6. The van der Waals surface area contributed by atoms with E-state index in [1.54, 1.807) is 12.1 Å². The van der Waals surface area contributed by atoms with Crippen molar-refractivity contribution in [2.45, 2.75) is 45.8 Å². The van der Waals surface area contributed by atoms with Crippen molar-refractivity contribution in [3.63, 3.8) is 0 Å². The Kier molecular flexibility index (Phi) is 8.65. The Bertz CT molecular complexity index is 1480. The van der Waals surface area contributed by atoms with E-state index in [0.29, 0.717) is 42.1 Å². The van der Waals surface area contributed by atoms with E-state index in [4.69, 9.17) is 5.73 Å². The lowest BCUT2D eigenvalue weighted by atomic mass is 10.0. The van der Waals surface area contributed by atoms with Crippen molar-refractivity contribution in [3.8, 4) is 17.0 Å². The number of carbonyl (C=O) groups excluding carboxylic acids is 1. The number of hydrogen-bond acceptors (Lipinski definition) is 6. The van der Waals surface area contributed by atoms with E-state index >= 15 is 0 Å². The molecule has 2 aromatic carbocycles. The van der Waals surface area contributed by atoms with Crippen LogP contribution in [0.15, 0.2) is 48.9 Å². The fourth-order valence-electron chi connectivity index (χ4n) is 4.29. The number of benzene rings is 2. The second-order valence-electron chi connectivity index (χ2n) is 8.74. The lowest BCUT2D eigenvalue weighted by Gasteiger charge is -2.18. The van der Waals surface area contributed by atoms with Crippen LogP contribution in [0, 0.1) is 11.6 Å². The van der Waals surface area contributed by atoms with Crippen molar-refractivity contribution in [1.82, 2.24) is 19.7 Å². The lowest BCUT2D eigenvalue weighted by Crippen LogP contribution is -2.36. The molecule has 4 aromatic rings. The average molecular weight is 545 g/mol. The number of aryl methyl sites for hydroxylation is 1. The Balaban J connectivity index is 1.62. The van der Waals surface area contributed by atoms with E-state index in [9.17, 15) is 22.4 Å². The molecule has 0 radical (unpaired) electrons. The third kappa shape index (κ3) is 5.95. The van der Waals surface area contributed by atoms with Gasteiger partial charge >= 0.3 is 6.61 Å². The van der Waals surface area contributed by atoms with Crippen LogP contribution in [0.4, 0.5) is 29.1 Å². The molecule has 1 unspecified atom stereocenters. The summed E-state index contributed by atoms with van der Waals surface area (Å²) in [5, 5.41) is 6.19. The molecule has 8 nitrogen and oxygen atoms in total. The summed E-state index contributed by atoms with van der Waals surface area (Å²) >= 11 is 0. The first-order valence-corrected chi connectivity index (χ1v) is 12.4. The Hall–Kier alpha value is -4.19. The number of halogens is 4. The molecule has 206 valence electrons. The molecule has 0 aliphatic rings. The van der Waals surface area contributed by atoms with Gasteiger partial charge in [-0.25, -0.2) is 14.4 Å². The number of rotatable bonds is 11. The van der Waals surface area contributed by atoms with Gasteiger partial charge in [-0.05, 0) is 61.7 Å².